The molecule has 0 aliphatic carbocycles. The highest BCUT2D eigenvalue weighted by Crippen LogP contribution is 2.15. The number of rotatable bonds is 5. The van der Waals surface area contributed by atoms with E-state index >= 15 is 0 Å². The van der Waals surface area contributed by atoms with Gasteiger partial charge in [0.05, 0.1) is 0 Å². The molecule has 1 saturated heterocycles. The first-order valence-electron chi connectivity index (χ1n) is 7.03. The highest BCUT2D eigenvalue weighted by Gasteiger charge is 2.20. The van der Waals surface area contributed by atoms with Crippen molar-refractivity contribution in [3.8, 4) is 0 Å². The third-order valence-electron chi connectivity index (χ3n) is 3.79. The SMILES string of the molecule is CN(C)C1CCCN(CCNc2cccc(Cl)c2)C1. The van der Waals surface area contributed by atoms with Gasteiger partial charge in [-0.3, -0.25) is 0 Å². The van der Waals surface area contributed by atoms with Gasteiger partial charge in [0.1, 0.15) is 0 Å². The molecule has 1 N–H and O–H groups in total. The lowest BCUT2D eigenvalue weighted by Crippen LogP contribution is -2.46. The van der Waals surface area contributed by atoms with Crippen LogP contribution in [0.15, 0.2) is 24.3 Å². The number of piperidine rings is 1. The van der Waals surface area contributed by atoms with Crippen LogP contribution in [0.4, 0.5) is 5.69 Å². The van der Waals surface area contributed by atoms with Gasteiger partial charge in [-0.1, -0.05) is 17.7 Å². The summed E-state index contributed by atoms with van der Waals surface area (Å²) in [6.07, 6.45) is 2.63. The van der Waals surface area contributed by atoms with Gasteiger partial charge in [-0.05, 0) is 51.7 Å². The van der Waals surface area contributed by atoms with Gasteiger partial charge < -0.3 is 15.1 Å². The average molecular weight is 282 g/mol. The van der Waals surface area contributed by atoms with E-state index in [4.69, 9.17) is 11.6 Å². The summed E-state index contributed by atoms with van der Waals surface area (Å²) in [5, 5.41) is 4.22. The van der Waals surface area contributed by atoms with Crippen molar-refractivity contribution in [3.63, 3.8) is 0 Å². The number of benzene rings is 1. The van der Waals surface area contributed by atoms with Crippen molar-refractivity contribution < 1.29 is 0 Å². The second-order valence-corrected chi connectivity index (χ2v) is 5.93. The Morgan fingerprint density at radius 1 is 1.42 bits per heavy atom. The van der Waals surface area contributed by atoms with Crippen molar-refractivity contribution in [2.24, 2.45) is 0 Å². The summed E-state index contributed by atoms with van der Waals surface area (Å²) >= 11 is 5.97. The lowest BCUT2D eigenvalue weighted by Gasteiger charge is -2.36. The van der Waals surface area contributed by atoms with Crippen molar-refractivity contribution in [2.75, 3.05) is 45.6 Å². The second kappa shape index (κ2) is 7.13. The maximum Gasteiger partial charge on any atom is 0.0426 e. The Kier molecular flexibility index (Phi) is 5.49. The van der Waals surface area contributed by atoms with E-state index in [2.05, 4.69) is 35.3 Å². The number of hydrogen-bond donors (Lipinski definition) is 1. The van der Waals surface area contributed by atoms with Crippen LogP contribution in [0.2, 0.25) is 5.02 Å². The van der Waals surface area contributed by atoms with Gasteiger partial charge in [0.2, 0.25) is 0 Å². The van der Waals surface area contributed by atoms with Crippen molar-refractivity contribution in [2.45, 2.75) is 18.9 Å². The maximum atomic E-state index is 5.97. The average Bonchev–Trinajstić information content (AvgIpc) is 2.39. The minimum Gasteiger partial charge on any atom is -0.384 e. The fourth-order valence-electron chi connectivity index (χ4n) is 2.61. The number of hydrogen-bond acceptors (Lipinski definition) is 3. The number of anilines is 1. The number of likely N-dealkylation sites (tertiary alicyclic amines) is 1. The minimum absolute atomic E-state index is 0.708. The molecule has 0 spiro atoms. The van der Waals surface area contributed by atoms with E-state index < -0.39 is 0 Å². The molecule has 0 aromatic heterocycles. The first-order valence-corrected chi connectivity index (χ1v) is 7.41. The third kappa shape index (κ3) is 4.68. The summed E-state index contributed by atoms with van der Waals surface area (Å²) < 4.78 is 0. The van der Waals surface area contributed by atoms with Crippen molar-refractivity contribution in [3.05, 3.63) is 29.3 Å². The molecule has 1 fully saturated rings. The van der Waals surface area contributed by atoms with Crippen LogP contribution in [0.1, 0.15) is 12.8 Å². The zero-order valence-corrected chi connectivity index (χ0v) is 12.7. The van der Waals surface area contributed by atoms with Crippen LogP contribution in [0, 0.1) is 0 Å². The van der Waals surface area contributed by atoms with Crippen molar-refractivity contribution >= 4 is 17.3 Å². The van der Waals surface area contributed by atoms with E-state index in [1.165, 1.54) is 25.9 Å². The van der Waals surface area contributed by atoms with Crippen molar-refractivity contribution in [1.29, 1.82) is 0 Å². The Bertz CT molecular complexity index is 395. The molecule has 1 aromatic rings. The predicted molar refractivity (Wildman–Crippen MR) is 83.1 cm³/mol. The fourth-order valence-corrected chi connectivity index (χ4v) is 2.80. The second-order valence-electron chi connectivity index (χ2n) is 5.50. The third-order valence-corrected chi connectivity index (χ3v) is 4.03. The van der Waals surface area contributed by atoms with Crippen LogP contribution in [-0.4, -0.2) is 56.1 Å². The molecule has 0 bridgehead atoms. The molecule has 0 amide bonds. The number of likely N-dealkylation sites (N-methyl/N-ethyl adjacent to an activating group) is 1. The molecule has 1 aliphatic heterocycles. The molecule has 3 nitrogen and oxygen atoms in total. The Morgan fingerprint density at radius 3 is 3.00 bits per heavy atom. The van der Waals surface area contributed by atoms with Crippen molar-refractivity contribution in [1.82, 2.24) is 9.80 Å². The van der Waals surface area contributed by atoms with Crippen LogP contribution in [-0.2, 0) is 0 Å². The molecule has 19 heavy (non-hydrogen) atoms. The Labute approximate surface area is 121 Å². The Hall–Kier alpha value is -0.770. The summed E-state index contributed by atoms with van der Waals surface area (Å²) in [7, 11) is 4.36. The largest absolute Gasteiger partial charge is 0.384 e. The summed E-state index contributed by atoms with van der Waals surface area (Å²) in [5.74, 6) is 0. The van der Waals surface area contributed by atoms with E-state index in [1.807, 2.05) is 18.2 Å². The first-order chi connectivity index (χ1) is 9.15. The number of nitrogens with one attached hydrogen (secondary N) is 1. The van der Waals surface area contributed by atoms with Gasteiger partial charge >= 0.3 is 0 Å². The molecule has 1 unspecified atom stereocenters. The summed E-state index contributed by atoms with van der Waals surface area (Å²) in [6, 6.07) is 8.62. The monoisotopic (exact) mass is 281 g/mol. The fraction of sp³-hybridized carbons (Fsp3) is 0.600. The summed E-state index contributed by atoms with van der Waals surface area (Å²) in [5.41, 5.74) is 1.11. The highest BCUT2D eigenvalue weighted by molar-refractivity contribution is 6.30. The standard InChI is InChI=1S/C15H24ClN3/c1-18(2)15-7-4-9-19(12-15)10-8-17-14-6-3-5-13(16)11-14/h3,5-6,11,15,17H,4,7-10,12H2,1-2H3. The van der Waals surface area contributed by atoms with Crippen LogP contribution < -0.4 is 5.32 Å². The van der Waals surface area contributed by atoms with Crippen LogP contribution in [0.5, 0.6) is 0 Å². The number of nitrogens with zero attached hydrogens (tertiary/aromatic N) is 2. The molecule has 1 atom stereocenters. The lowest BCUT2D eigenvalue weighted by molar-refractivity contribution is 0.137. The van der Waals surface area contributed by atoms with E-state index in [0.717, 1.165) is 23.8 Å². The first kappa shape index (κ1) is 14.6. The molecule has 106 valence electrons. The Balaban J connectivity index is 1.73. The van der Waals surface area contributed by atoms with E-state index in [1.54, 1.807) is 0 Å². The Morgan fingerprint density at radius 2 is 2.26 bits per heavy atom. The molecule has 1 aliphatic rings. The predicted octanol–water partition coefficient (Wildman–Crippen LogP) is 2.78. The zero-order chi connectivity index (χ0) is 13.7. The molecular weight excluding hydrogens is 258 g/mol. The van der Waals surface area contributed by atoms with Gasteiger partial charge in [0.15, 0.2) is 0 Å². The van der Waals surface area contributed by atoms with Gasteiger partial charge in [0.25, 0.3) is 0 Å². The normalized spacial score (nSPS) is 20.7. The highest BCUT2D eigenvalue weighted by atomic mass is 35.5. The molecule has 0 saturated carbocycles. The van der Waals surface area contributed by atoms with Gasteiger partial charge in [-0.15, -0.1) is 0 Å². The molecule has 1 heterocycles. The van der Waals surface area contributed by atoms with E-state index in [9.17, 15) is 0 Å². The van der Waals surface area contributed by atoms with Crippen LogP contribution in [0.25, 0.3) is 0 Å². The van der Waals surface area contributed by atoms with Gasteiger partial charge in [0, 0.05) is 36.4 Å². The van der Waals surface area contributed by atoms with Crippen LogP contribution >= 0.6 is 11.6 Å². The molecule has 0 radical (unpaired) electrons. The number of halogens is 1. The zero-order valence-electron chi connectivity index (χ0n) is 11.9. The maximum absolute atomic E-state index is 5.97. The van der Waals surface area contributed by atoms with Gasteiger partial charge in [-0.25, -0.2) is 0 Å². The molecule has 1 aromatic carbocycles. The quantitative estimate of drug-likeness (QED) is 0.895. The van der Waals surface area contributed by atoms with E-state index in [-0.39, 0.29) is 0 Å². The lowest BCUT2D eigenvalue weighted by atomic mass is 10.1. The minimum atomic E-state index is 0.708. The summed E-state index contributed by atoms with van der Waals surface area (Å²) in [6.45, 7) is 4.48. The van der Waals surface area contributed by atoms with E-state index in [0.29, 0.717) is 6.04 Å². The molecule has 4 heteroatoms. The molecular formula is C15H24ClN3. The van der Waals surface area contributed by atoms with Crippen LogP contribution in [0.3, 0.4) is 0 Å². The smallest absolute Gasteiger partial charge is 0.0426 e. The summed E-state index contributed by atoms with van der Waals surface area (Å²) in [4.78, 5) is 4.89. The molecule has 2 rings (SSSR count). The van der Waals surface area contributed by atoms with Gasteiger partial charge in [-0.2, -0.15) is 0 Å². The topological polar surface area (TPSA) is 18.5 Å².